The van der Waals surface area contributed by atoms with Crippen LogP contribution in [0.1, 0.15) is 52.4 Å². The number of nitrogens with zero attached hydrogens (tertiary/aromatic N) is 5. The van der Waals surface area contributed by atoms with Crippen molar-refractivity contribution in [2.45, 2.75) is 82.6 Å². The standard InChI is InChI=1S/C19H37N6.2ClH.Mn/c1-15-12-23-16(2)13-24-17(6-5-9-20)14-25-19-8-4-3-7-18(19)22-11-10-21-15;;;/h15-19H,3-14,20H2,1-2H3;2*1H;/q-5;;;+2/p-2/t15-,16+,17-,18+,19+;;;/m0.../s1. The van der Waals surface area contributed by atoms with Gasteiger partial charge in [0.25, 0.3) is 0 Å². The van der Waals surface area contributed by atoms with Crippen molar-refractivity contribution in [1.82, 2.24) is 0 Å². The van der Waals surface area contributed by atoms with E-state index >= 15 is 0 Å². The van der Waals surface area contributed by atoms with E-state index in [0.717, 1.165) is 52.1 Å². The van der Waals surface area contributed by atoms with E-state index in [1.54, 1.807) is 0 Å². The van der Waals surface area contributed by atoms with E-state index in [1.165, 1.54) is 25.7 Å². The summed E-state index contributed by atoms with van der Waals surface area (Å²) in [7, 11) is 9.59. The van der Waals surface area contributed by atoms with Crippen molar-refractivity contribution in [3.8, 4) is 0 Å². The van der Waals surface area contributed by atoms with Crippen LogP contribution in [0, 0.1) is 0 Å². The van der Waals surface area contributed by atoms with Crippen LogP contribution in [0.15, 0.2) is 0 Å². The fraction of sp³-hybridized carbons (Fsp3) is 1.00. The zero-order chi connectivity index (χ0) is 20.6. The zero-order valence-corrected chi connectivity index (χ0v) is 20.0. The van der Waals surface area contributed by atoms with Gasteiger partial charge in [-0.15, -0.1) is 0 Å². The zero-order valence-electron chi connectivity index (χ0n) is 17.3. The Morgan fingerprint density at radius 1 is 0.821 bits per heavy atom. The molecule has 169 valence electrons. The summed E-state index contributed by atoms with van der Waals surface area (Å²) in [6, 6.07) is 1.60. The molecule has 9 heteroatoms. The fourth-order valence-electron chi connectivity index (χ4n) is 3.62. The number of hydrogen-bond donors (Lipinski definition) is 1. The first-order valence-electron chi connectivity index (χ1n) is 10.5. The van der Waals surface area contributed by atoms with Crippen LogP contribution in [0.4, 0.5) is 0 Å². The molecule has 0 amide bonds. The Morgan fingerprint density at radius 2 is 1.39 bits per heavy atom. The molecule has 0 aromatic heterocycles. The van der Waals surface area contributed by atoms with Crippen LogP contribution in [0.3, 0.4) is 0 Å². The minimum atomic E-state index is 0.00694. The van der Waals surface area contributed by atoms with Crippen LogP contribution >= 0.6 is 20.2 Å². The predicted octanol–water partition coefficient (Wildman–Crippen LogP) is 5.44. The van der Waals surface area contributed by atoms with Crippen LogP contribution < -0.4 is 5.73 Å². The first-order chi connectivity index (χ1) is 13.6. The summed E-state index contributed by atoms with van der Waals surface area (Å²) in [5, 5.41) is 24.3. The van der Waals surface area contributed by atoms with E-state index in [-0.39, 0.29) is 31.3 Å². The van der Waals surface area contributed by atoms with Gasteiger partial charge in [0, 0.05) is 0 Å². The third-order valence-corrected chi connectivity index (χ3v) is 5.20. The number of rotatable bonds is 3. The Kier molecular flexibility index (Phi) is 16.8. The Hall–Kier alpha value is 0.859. The molecule has 0 spiro atoms. The second kappa shape index (κ2) is 17.5. The number of halogens is 2. The first-order valence-corrected chi connectivity index (χ1v) is 13.8. The van der Waals surface area contributed by atoms with Crippen molar-refractivity contribution in [3.63, 3.8) is 0 Å². The quantitative estimate of drug-likeness (QED) is 0.541. The normalized spacial score (nSPS) is 33.5. The van der Waals surface area contributed by atoms with Crippen molar-refractivity contribution >= 4 is 20.2 Å². The summed E-state index contributed by atoms with van der Waals surface area (Å²) >= 11 is 0.00694. The first kappa shape index (κ1) is 26.9. The van der Waals surface area contributed by atoms with Gasteiger partial charge in [0.15, 0.2) is 0 Å². The van der Waals surface area contributed by atoms with Crippen LogP contribution in [-0.4, -0.2) is 69.5 Å². The molecular formula is C19H37Cl2MnN6-5. The molecule has 1 aliphatic carbocycles. The fourth-order valence-corrected chi connectivity index (χ4v) is 3.62. The van der Waals surface area contributed by atoms with E-state index in [9.17, 15) is 0 Å². The van der Waals surface area contributed by atoms with Crippen molar-refractivity contribution in [3.05, 3.63) is 26.6 Å². The Bertz CT molecular complexity index is 369. The van der Waals surface area contributed by atoms with Gasteiger partial charge in [0.05, 0.1) is 0 Å². The number of fused-ring (bicyclic) bond motifs is 1. The van der Waals surface area contributed by atoms with Crippen molar-refractivity contribution in [1.29, 1.82) is 0 Å². The van der Waals surface area contributed by atoms with E-state index in [2.05, 4.69) is 13.8 Å². The SMILES string of the molecule is C[C@@H]1C[N-][C@@H](CCCN)C[N-][C@@H]2CCCC[C@H]2[N-]CC[N-][C@@H](C)C[N-]1.[Cl][Mn][Cl]. The summed E-state index contributed by atoms with van der Waals surface area (Å²) in [5.74, 6) is 0. The summed E-state index contributed by atoms with van der Waals surface area (Å²) in [4.78, 5) is 0. The molecule has 6 nitrogen and oxygen atoms in total. The van der Waals surface area contributed by atoms with Crippen LogP contribution in [-0.2, 0) is 13.1 Å². The average Bonchev–Trinajstić information content (AvgIpc) is 2.70. The van der Waals surface area contributed by atoms with Crippen molar-refractivity contribution in [2.24, 2.45) is 5.73 Å². The van der Waals surface area contributed by atoms with E-state index in [4.69, 9.17) is 52.5 Å². The van der Waals surface area contributed by atoms with Gasteiger partial charge in [0.2, 0.25) is 0 Å². The third kappa shape index (κ3) is 12.5. The van der Waals surface area contributed by atoms with Gasteiger partial charge in [-0.1, -0.05) is 46.0 Å². The second-order valence-electron chi connectivity index (χ2n) is 7.66. The summed E-state index contributed by atoms with van der Waals surface area (Å²) in [6.45, 7) is 9.08. The van der Waals surface area contributed by atoms with E-state index in [0.29, 0.717) is 12.1 Å². The number of hydrogen-bond acceptors (Lipinski definition) is 1. The molecule has 2 rings (SSSR count). The van der Waals surface area contributed by atoms with Gasteiger partial charge in [-0.2, -0.15) is 62.9 Å². The van der Waals surface area contributed by atoms with Crippen LogP contribution in [0.25, 0.3) is 26.6 Å². The van der Waals surface area contributed by atoms with E-state index in [1.807, 2.05) is 0 Å². The van der Waals surface area contributed by atoms with Crippen molar-refractivity contribution in [2.75, 3.05) is 39.3 Å². The molecule has 5 atom stereocenters. The number of nitrogens with two attached hydrogens (primary N) is 1. The molecular weight excluding hydrogens is 438 g/mol. The molecule has 0 unspecified atom stereocenters. The molecule has 1 saturated carbocycles. The van der Waals surface area contributed by atoms with Gasteiger partial charge >= 0.3 is 33.3 Å². The Morgan fingerprint density at radius 3 is 2.07 bits per heavy atom. The molecule has 2 fully saturated rings. The molecule has 2 aliphatic rings. The summed E-state index contributed by atoms with van der Waals surface area (Å²) < 4.78 is 0. The van der Waals surface area contributed by atoms with Gasteiger partial charge in [-0.05, 0) is 13.0 Å². The predicted molar refractivity (Wildman–Crippen MR) is 120 cm³/mol. The maximum atomic E-state index is 5.71. The van der Waals surface area contributed by atoms with Gasteiger partial charge < -0.3 is 32.3 Å². The van der Waals surface area contributed by atoms with Gasteiger partial charge in [-0.3, -0.25) is 0 Å². The maximum absolute atomic E-state index is 5.71. The summed E-state index contributed by atoms with van der Waals surface area (Å²) in [6.07, 6.45) is 6.97. The van der Waals surface area contributed by atoms with Crippen LogP contribution in [0.2, 0.25) is 0 Å². The van der Waals surface area contributed by atoms with E-state index < -0.39 is 0 Å². The van der Waals surface area contributed by atoms with Crippen LogP contribution in [0.5, 0.6) is 0 Å². The third-order valence-electron chi connectivity index (χ3n) is 5.20. The minimum absolute atomic E-state index is 0.00694. The monoisotopic (exact) mass is 474 g/mol. The molecule has 2 N–H and O–H groups in total. The average molecular weight is 475 g/mol. The second-order valence-corrected chi connectivity index (χ2v) is 9.61. The molecule has 0 bridgehead atoms. The molecule has 1 saturated heterocycles. The molecule has 0 aromatic rings. The molecule has 28 heavy (non-hydrogen) atoms. The van der Waals surface area contributed by atoms with Gasteiger partial charge in [0.1, 0.15) is 0 Å². The molecule has 0 aromatic carbocycles. The Labute approximate surface area is 187 Å². The Balaban J connectivity index is 0.00000122. The van der Waals surface area contributed by atoms with Crippen molar-refractivity contribution < 1.29 is 13.1 Å². The summed E-state index contributed by atoms with van der Waals surface area (Å²) in [5.41, 5.74) is 5.71. The van der Waals surface area contributed by atoms with Gasteiger partial charge in [-0.25, -0.2) is 0 Å². The molecule has 1 aliphatic heterocycles. The molecule has 1 heterocycles. The molecule has 0 radical (unpaired) electrons. The topological polar surface area (TPSA) is 96.5 Å².